The first-order chi connectivity index (χ1) is 13.2. The van der Waals surface area contributed by atoms with Gasteiger partial charge in [0.1, 0.15) is 6.26 Å². The SMILES string of the molecule is Cc1ccc(C(=O)N2CCNCC2)cc1N(c1ccncc1)c1ncco1. The number of aromatic nitrogens is 2. The number of carbonyl (C=O) groups is 1. The second-order valence-corrected chi connectivity index (χ2v) is 6.40. The zero-order valence-corrected chi connectivity index (χ0v) is 15.1. The van der Waals surface area contributed by atoms with Crippen molar-refractivity contribution in [3.05, 3.63) is 66.3 Å². The van der Waals surface area contributed by atoms with Gasteiger partial charge in [-0.15, -0.1) is 0 Å². The molecule has 7 heteroatoms. The van der Waals surface area contributed by atoms with E-state index in [1.807, 2.05) is 47.1 Å². The average molecular weight is 363 g/mol. The molecule has 0 atom stereocenters. The van der Waals surface area contributed by atoms with Crippen LogP contribution in [0.4, 0.5) is 17.4 Å². The Morgan fingerprint density at radius 3 is 2.63 bits per heavy atom. The summed E-state index contributed by atoms with van der Waals surface area (Å²) in [6.45, 7) is 5.09. The van der Waals surface area contributed by atoms with Crippen LogP contribution >= 0.6 is 0 Å². The lowest BCUT2D eigenvalue weighted by Gasteiger charge is -2.28. The van der Waals surface area contributed by atoms with E-state index in [2.05, 4.69) is 15.3 Å². The number of amides is 1. The van der Waals surface area contributed by atoms with E-state index in [1.165, 1.54) is 6.26 Å². The second-order valence-electron chi connectivity index (χ2n) is 6.40. The Kier molecular flexibility index (Phi) is 4.84. The molecule has 1 aliphatic rings. The van der Waals surface area contributed by atoms with Gasteiger partial charge < -0.3 is 14.6 Å². The van der Waals surface area contributed by atoms with Crippen LogP contribution in [-0.4, -0.2) is 47.0 Å². The van der Waals surface area contributed by atoms with Crippen molar-refractivity contribution in [3.63, 3.8) is 0 Å². The molecule has 1 aliphatic heterocycles. The number of hydrogen-bond donors (Lipinski definition) is 1. The van der Waals surface area contributed by atoms with Gasteiger partial charge in [-0.05, 0) is 36.8 Å². The van der Waals surface area contributed by atoms with Gasteiger partial charge in [-0.3, -0.25) is 14.7 Å². The van der Waals surface area contributed by atoms with Crippen molar-refractivity contribution in [2.24, 2.45) is 0 Å². The van der Waals surface area contributed by atoms with Gasteiger partial charge in [-0.1, -0.05) is 6.07 Å². The van der Waals surface area contributed by atoms with E-state index in [9.17, 15) is 4.79 Å². The highest BCUT2D eigenvalue weighted by atomic mass is 16.4. The Balaban J connectivity index is 1.75. The lowest BCUT2D eigenvalue weighted by Crippen LogP contribution is -2.46. The monoisotopic (exact) mass is 363 g/mol. The summed E-state index contributed by atoms with van der Waals surface area (Å²) >= 11 is 0. The first kappa shape index (κ1) is 17.2. The number of rotatable bonds is 4. The molecule has 1 N–H and O–H groups in total. The highest BCUT2D eigenvalue weighted by Crippen LogP contribution is 2.35. The third-order valence-corrected chi connectivity index (χ3v) is 4.63. The first-order valence-electron chi connectivity index (χ1n) is 8.94. The van der Waals surface area contributed by atoms with Crippen molar-refractivity contribution in [1.82, 2.24) is 20.2 Å². The van der Waals surface area contributed by atoms with E-state index in [0.717, 1.165) is 43.1 Å². The van der Waals surface area contributed by atoms with Crippen molar-refractivity contribution in [2.45, 2.75) is 6.92 Å². The molecule has 7 nitrogen and oxygen atoms in total. The number of aryl methyl sites for hydroxylation is 1. The van der Waals surface area contributed by atoms with Gasteiger partial charge in [-0.25, -0.2) is 4.98 Å². The molecule has 1 saturated heterocycles. The summed E-state index contributed by atoms with van der Waals surface area (Å²) in [7, 11) is 0. The number of benzene rings is 1. The molecule has 1 fully saturated rings. The van der Waals surface area contributed by atoms with Crippen molar-refractivity contribution in [3.8, 4) is 0 Å². The van der Waals surface area contributed by atoms with E-state index < -0.39 is 0 Å². The topological polar surface area (TPSA) is 74.5 Å². The fourth-order valence-electron chi connectivity index (χ4n) is 3.21. The highest BCUT2D eigenvalue weighted by molar-refractivity contribution is 5.96. The van der Waals surface area contributed by atoms with Gasteiger partial charge in [-0.2, -0.15) is 0 Å². The zero-order chi connectivity index (χ0) is 18.6. The Morgan fingerprint density at radius 1 is 1.15 bits per heavy atom. The fourth-order valence-corrected chi connectivity index (χ4v) is 3.21. The van der Waals surface area contributed by atoms with Crippen LogP contribution in [0.5, 0.6) is 0 Å². The molecule has 1 aromatic carbocycles. The summed E-state index contributed by atoms with van der Waals surface area (Å²) < 4.78 is 5.57. The number of hydrogen-bond acceptors (Lipinski definition) is 6. The predicted molar refractivity (Wildman–Crippen MR) is 102 cm³/mol. The summed E-state index contributed by atoms with van der Waals surface area (Å²) in [6, 6.07) is 9.95. The highest BCUT2D eigenvalue weighted by Gasteiger charge is 2.22. The molecule has 0 bridgehead atoms. The molecule has 0 radical (unpaired) electrons. The van der Waals surface area contributed by atoms with Gasteiger partial charge in [0.05, 0.1) is 17.6 Å². The summed E-state index contributed by atoms with van der Waals surface area (Å²) in [4.78, 5) is 25.1. The maximum atomic E-state index is 12.9. The van der Waals surface area contributed by atoms with Gasteiger partial charge in [0.25, 0.3) is 5.91 Å². The fraction of sp³-hybridized carbons (Fsp3) is 0.250. The quantitative estimate of drug-likeness (QED) is 0.768. The van der Waals surface area contributed by atoms with Crippen LogP contribution in [0, 0.1) is 6.92 Å². The maximum Gasteiger partial charge on any atom is 0.306 e. The van der Waals surface area contributed by atoms with E-state index in [-0.39, 0.29) is 5.91 Å². The van der Waals surface area contributed by atoms with Crippen LogP contribution in [0.2, 0.25) is 0 Å². The van der Waals surface area contributed by atoms with Crippen LogP contribution in [0.15, 0.2) is 59.6 Å². The van der Waals surface area contributed by atoms with Crippen LogP contribution in [-0.2, 0) is 0 Å². The Hall–Kier alpha value is -3.19. The molecule has 0 unspecified atom stereocenters. The van der Waals surface area contributed by atoms with Gasteiger partial charge in [0.2, 0.25) is 0 Å². The predicted octanol–water partition coefficient (Wildman–Crippen LogP) is 2.89. The van der Waals surface area contributed by atoms with Crippen LogP contribution in [0.3, 0.4) is 0 Å². The third-order valence-electron chi connectivity index (χ3n) is 4.63. The van der Waals surface area contributed by atoms with Crippen molar-refractivity contribution in [1.29, 1.82) is 0 Å². The largest absolute Gasteiger partial charge is 0.432 e. The van der Waals surface area contributed by atoms with Crippen LogP contribution in [0.1, 0.15) is 15.9 Å². The number of piperazine rings is 1. The minimum Gasteiger partial charge on any atom is -0.432 e. The Morgan fingerprint density at radius 2 is 1.93 bits per heavy atom. The van der Waals surface area contributed by atoms with Gasteiger partial charge in [0, 0.05) is 44.1 Å². The smallest absolute Gasteiger partial charge is 0.306 e. The molecule has 0 aliphatic carbocycles. The maximum absolute atomic E-state index is 12.9. The summed E-state index contributed by atoms with van der Waals surface area (Å²) in [6.07, 6.45) is 6.58. The van der Waals surface area contributed by atoms with Gasteiger partial charge in [0.15, 0.2) is 0 Å². The van der Waals surface area contributed by atoms with Crippen molar-refractivity contribution < 1.29 is 9.21 Å². The number of pyridine rings is 1. The molecule has 1 amide bonds. The Labute approximate surface area is 157 Å². The van der Waals surface area contributed by atoms with E-state index in [0.29, 0.717) is 11.6 Å². The molecule has 138 valence electrons. The van der Waals surface area contributed by atoms with Crippen LogP contribution in [0.25, 0.3) is 0 Å². The van der Waals surface area contributed by atoms with Crippen molar-refractivity contribution >= 4 is 23.3 Å². The van der Waals surface area contributed by atoms with E-state index in [4.69, 9.17) is 4.42 Å². The molecule has 3 heterocycles. The summed E-state index contributed by atoms with van der Waals surface area (Å²) in [5.41, 5.74) is 3.39. The average Bonchev–Trinajstić information content (AvgIpc) is 3.25. The molecule has 0 spiro atoms. The number of nitrogens with zero attached hydrogens (tertiary/aromatic N) is 4. The van der Waals surface area contributed by atoms with Crippen molar-refractivity contribution in [2.75, 3.05) is 31.1 Å². The van der Waals surface area contributed by atoms with Gasteiger partial charge >= 0.3 is 6.01 Å². The standard InChI is InChI=1S/C20H21N5O2/c1-15-2-3-16(19(26)24-11-8-22-9-12-24)14-18(15)25(20-23-10-13-27-20)17-4-6-21-7-5-17/h2-7,10,13-14,22H,8-9,11-12H2,1H3. The minimum absolute atomic E-state index is 0.0415. The lowest BCUT2D eigenvalue weighted by molar-refractivity contribution is 0.0736. The third kappa shape index (κ3) is 3.54. The molecule has 2 aromatic heterocycles. The first-order valence-corrected chi connectivity index (χ1v) is 8.94. The molecular weight excluding hydrogens is 342 g/mol. The second kappa shape index (κ2) is 7.59. The number of nitrogens with one attached hydrogen (secondary N) is 1. The molecule has 3 aromatic rings. The summed E-state index contributed by atoms with van der Waals surface area (Å²) in [5, 5.41) is 3.27. The zero-order valence-electron chi connectivity index (χ0n) is 15.1. The number of anilines is 3. The Bertz CT molecular complexity index is 905. The number of oxazole rings is 1. The molecular formula is C20H21N5O2. The van der Waals surface area contributed by atoms with Crippen LogP contribution < -0.4 is 10.2 Å². The van der Waals surface area contributed by atoms with E-state index in [1.54, 1.807) is 18.6 Å². The normalized spacial score (nSPS) is 14.2. The molecule has 0 saturated carbocycles. The summed E-state index contributed by atoms with van der Waals surface area (Å²) in [5.74, 6) is 0.0415. The van der Waals surface area contributed by atoms with E-state index >= 15 is 0 Å². The minimum atomic E-state index is 0.0415. The lowest BCUT2D eigenvalue weighted by atomic mass is 10.1. The molecule has 27 heavy (non-hydrogen) atoms. The molecule has 4 rings (SSSR count). The number of carbonyl (C=O) groups excluding carboxylic acids is 1.